The number of pyridine rings is 1. The Hall–Kier alpha value is -3.14. The summed E-state index contributed by atoms with van der Waals surface area (Å²) in [6.45, 7) is 6.91. The van der Waals surface area contributed by atoms with Crippen LogP contribution in [0.25, 0.3) is 0 Å². The number of amides is 1. The number of hydrogen-bond acceptors (Lipinski definition) is 9. The molecule has 10 heteroatoms. The van der Waals surface area contributed by atoms with Gasteiger partial charge in [-0.3, -0.25) is 0 Å². The summed E-state index contributed by atoms with van der Waals surface area (Å²) in [7, 11) is 1.58. The first kappa shape index (κ1) is 25.9. The Balaban J connectivity index is 1.50. The molecule has 3 N–H and O–H groups in total. The smallest absolute Gasteiger partial charge is 0.410 e. The minimum Gasteiger partial charge on any atom is -0.481 e. The van der Waals surface area contributed by atoms with Crippen LogP contribution in [0.15, 0.2) is 24.5 Å². The summed E-state index contributed by atoms with van der Waals surface area (Å²) in [5.41, 5.74) is 1.34. The van der Waals surface area contributed by atoms with Gasteiger partial charge in [-0.1, -0.05) is 0 Å². The average molecular weight is 499 g/mol. The zero-order valence-corrected chi connectivity index (χ0v) is 21.7. The fraction of sp³-hybridized carbons (Fsp3) is 0.615. The number of nitrogens with zero attached hydrogens (tertiary/aromatic N) is 4. The SMILES string of the molecule is COc1cc(Nc2ncc(C3CCN(C(=O)OC(C)(C)C)CC3)c(N[C@H]3CC[C@H](O)CC3)n2)ccn1. The molecule has 10 nitrogen and oxygen atoms in total. The molecule has 0 radical (unpaired) electrons. The van der Waals surface area contributed by atoms with Gasteiger partial charge in [-0.05, 0) is 71.3 Å². The number of hydrogen-bond donors (Lipinski definition) is 3. The van der Waals surface area contributed by atoms with Crippen molar-refractivity contribution in [3.05, 3.63) is 30.1 Å². The van der Waals surface area contributed by atoms with Crippen molar-refractivity contribution >= 4 is 23.5 Å². The second-order valence-corrected chi connectivity index (χ2v) is 10.6. The molecule has 1 amide bonds. The third-order valence-corrected chi connectivity index (χ3v) is 6.64. The van der Waals surface area contributed by atoms with Crippen molar-refractivity contribution in [3.63, 3.8) is 0 Å². The van der Waals surface area contributed by atoms with Crippen LogP contribution in [0.5, 0.6) is 5.88 Å². The first-order valence-electron chi connectivity index (χ1n) is 12.8. The lowest BCUT2D eigenvalue weighted by Crippen LogP contribution is -2.41. The molecule has 2 aromatic heterocycles. The van der Waals surface area contributed by atoms with Gasteiger partial charge >= 0.3 is 6.09 Å². The molecule has 0 spiro atoms. The monoisotopic (exact) mass is 498 g/mol. The van der Waals surface area contributed by atoms with Crippen LogP contribution in [0, 0.1) is 0 Å². The van der Waals surface area contributed by atoms with Gasteiger partial charge in [0.1, 0.15) is 11.4 Å². The molecule has 0 aromatic carbocycles. The molecule has 2 aromatic rings. The molecular formula is C26H38N6O4. The van der Waals surface area contributed by atoms with Crippen molar-refractivity contribution in [1.82, 2.24) is 19.9 Å². The number of anilines is 3. The lowest BCUT2D eigenvalue weighted by molar-refractivity contribution is 0.0205. The number of methoxy groups -OCH3 is 1. The number of piperidine rings is 1. The molecule has 0 bridgehead atoms. The van der Waals surface area contributed by atoms with Crippen molar-refractivity contribution in [2.75, 3.05) is 30.8 Å². The molecule has 36 heavy (non-hydrogen) atoms. The lowest BCUT2D eigenvalue weighted by atomic mass is 9.89. The quantitative estimate of drug-likeness (QED) is 0.530. The Labute approximate surface area is 212 Å². The topological polar surface area (TPSA) is 122 Å². The zero-order valence-electron chi connectivity index (χ0n) is 21.7. The fourth-order valence-corrected chi connectivity index (χ4v) is 4.71. The van der Waals surface area contributed by atoms with Crippen molar-refractivity contribution < 1.29 is 19.4 Å². The van der Waals surface area contributed by atoms with E-state index in [-0.39, 0.29) is 24.2 Å². The number of ether oxygens (including phenoxy) is 2. The molecule has 0 atom stereocenters. The number of carbonyl (C=O) groups is 1. The maximum absolute atomic E-state index is 12.5. The Morgan fingerprint density at radius 2 is 1.83 bits per heavy atom. The maximum atomic E-state index is 12.5. The molecule has 2 aliphatic rings. The van der Waals surface area contributed by atoms with Gasteiger partial charge in [-0.25, -0.2) is 14.8 Å². The predicted octanol–water partition coefficient (Wildman–Crippen LogP) is 4.45. The third-order valence-electron chi connectivity index (χ3n) is 6.64. The van der Waals surface area contributed by atoms with Gasteiger partial charge in [0.2, 0.25) is 11.8 Å². The molecule has 1 aliphatic heterocycles. The fourth-order valence-electron chi connectivity index (χ4n) is 4.71. The van der Waals surface area contributed by atoms with Crippen molar-refractivity contribution in [3.8, 4) is 5.88 Å². The highest BCUT2D eigenvalue weighted by molar-refractivity contribution is 5.68. The highest BCUT2D eigenvalue weighted by atomic mass is 16.6. The van der Waals surface area contributed by atoms with Crippen LogP contribution in [-0.2, 0) is 4.74 Å². The summed E-state index contributed by atoms with van der Waals surface area (Å²) in [4.78, 5) is 27.9. The van der Waals surface area contributed by atoms with Crippen LogP contribution in [0.2, 0.25) is 0 Å². The minimum absolute atomic E-state index is 0.219. The summed E-state index contributed by atoms with van der Waals surface area (Å²) >= 11 is 0. The van der Waals surface area contributed by atoms with E-state index in [1.54, 1.807) is 24.3 Å². The lowest BCUT2D eigenvalue weighted by Gasteiger charge is -2.34. The molecule has 3 heterocycles. The molecule has 2 fully saturated rings. The number of likely N-dealkylation sites (tertiary alicyclic amines) is 1. The number of rotatable bonds is 6. The van der Waals surface area contributed by atoms with E-state index in [0.29, 0.717) is 24.9 Å². The van der Waals surface area contributed by atoms with E-state index in [2.05, 4.69) is 20.6 Å². The number of aromatic nitrogens is 3. The number of aliphatic hydroxyl groups is 1. The predicted molar refractivity (Wildman–Crippen MR) is 138 cm³/mol. The van der Waals surface area contributed by atoms with Gasteiger partial charge in [-0.15, -0.1) is 0 Å². The number of carbonyl (C=O) groups excluding carboxylic acids is 1. The highest BCUT2D eigenvalue weighted by Gasteiger charge is 2.30. The highest BCUT2D eigenvalue weighted by Crippen LogP contribution is 2.34. The maximum Gasteiger partial charge on any atom is 0.410 e. The van der Waals surface area contributed by atoms with E-state index >= 15 is 0 Å². The van der Waals surface area contributed by atoms with Crippen molar-refractivity contribution in [2.45, 2.75) is 83.0 Å². The number of nitrogens with one attached hydrogen (secondary N) is 2. The molecule has 4 rings (SSSR count). The molecule has 1 aliphatic carbocycles. The summed E-state index contributed by atoms with van der Waals surface area (Å²) in [5.74, 6) is 2.03. The van der Waals surface area contributed by atoms with Crippen molar-refractivity contribution in [1.29, 1.82) is 0 Å². The molecular weight excluding hydrogens is 460 g/mol. The Kier molecular flexibility index (Phi) is 8.13. The minimum atomic E-state index is -0.506. The van der Waals surface area contributed by atoms with Gasteiger partial charge in [0.05, 0.1) is 13.2 Å². The summed E-state index contributed by atoms with van der Waals surface area (Å²) in [5, 5.41) is 16.8. The second kappa shape index (κ2) is 11.3. The summed E-state index contributed by atoms with van der Waals surface area (Å²) in [6.07, 6.45) is 8.07. The largest absolute Gasteiger partial charge is 0.481 e. The van der Waals surface area contributed by atoms with Gasteiger partial charge < -0.3 is 30.1 Å². The van der Waals surface area contributed by atoms with Crippen LogP contribution in [-0.4, -0.2) is 69.0 Å². The molecule has 0 unspecified atom stereocenters. The van der Waals surface area contributed by atoms with Gasteiger partial charge in [-0.2, -0.15) is 4.98 Å². The molecule has 196 valence electrons. The molecule has 1 saturated heterocycles. The normalized spacial score (nSPS) is 21.1. The Bertz CT molecular complexity index is 1030. The average Bonchev–Trinajstić information content (AvgIpc) is 2.85. The van der Waals surface area contributed by atoms with E-state index in [4.69, 9.17) is 14.5 Å². The first-order chi connectivity index (χ1) is 17.2. The van der Waals surface area contributed by atoms with Crippen LogP contribution >= 0.6 is 0 Å². The summed E-state index contributed by atoms with van der Waals surface area (Å²) < 4.78 is 10.8. The summed E-state index contributed by atoms with van der Waals surface area (Å²) in [6, 6.07) is 3.87. The Morgan fingerprint density at radius 1 is 1.11 bits per heavy atom. The van der Waals surface area contributed by atoms with Crippen LogP contribution in [0.1, 0.15) is 70.8 Å². The second-order valence-electron chi connectivity index (χ2n) is 10.6. The first-order valence-corrected chi connectivity index (χ1v) is 12.8. The van der Waals surface area contributed by atoms with E-state index in [9.17, 15) is 9.90 Å². The van der Waals surface area contributed by atoms with Crippen LogP contribution in [0.4, 0.5) is 22.2 Å². The Morgan fingerprint density at radius 3 is 2.50 bits per heavy atom. The van der Waals surface area contributed by atoms with Gasteiger partial charge in [0.15, 0.2) is 0 Å². The van der Waals surface area contributed by atoms with E-state index in [1.807, 2.05) is 33.0 Å². The van der Waals surface area contributed by atoms with E-state index in [0.717, 1.165) is 55.6 Å². The van der Waals surface area contributed by atoms with Crippen LogP contribution < -0.4 is 15.4 Å². The standard InChI is InChI=1S/C26H38N6O4/c1-26(2,3)36-25(34)32-13-10-17(11-14-32)21-16-28-24(30-19-9-12-27-22(15-19)35-4)31-23(21)29-18-5-7-20(33)8-6-18/h9,12,15-18,20,33H,5-8,10-11,13-14H2,1-4H3,(H2,27,28,29,30,31)/t18-,20-. The molecule has 1 saturated carbocycles. The van der Waals surface area contributed by atoms with Crippen molar-refractivity contribution in [2.24, 2.45) is 0 Å². The van der Waals surface area contributed by atoms with E-state index < -0.39 is 5.60 Å². The van der Waals surface area contributed by atoms with Gasteiger partial charge in [0.25, 0.3) is 0 Å². The van der Waals surface area contributed by atoms with Crippen LogP contribution in [0.3, 0.4) is 0 Å². The third kappa shape index (κ3) is 6.96. The van der Waals surface area contributed by atoms with Gasteiger partial charge in [0, 0.05) is 48.8 Å². The zero-order chi connectivity index (χ0) is 25.7. The van der Waals surface area contributed by atoms with E-state index in [1.165, 1.54) is 0 Å². The number of aliphatic hydroxyl groups excluding tert-OH is 1.